The zero-order valence-electron chi connectivity index (χ0n) is 14.4. The van der Waals surface area contributed by atoms with Crippen molar-refractivity contribution in [2.45, 2.75) is 13.5 Å². The van der Waals surface area contributed by atoms with E-state index in [0.717, 1.165) is 22.0 Å². The number of aromatic amines is 1. The second-order valence-electron chi connectivity index (χ2n) is 6.19. The van der Waals surface area contributed by atoms with Crippen LogP contribution in [0.3, 0.4) is 0 Å². The summed E-state index contributed by atoms with van der Waals surface area (Å²) in [6, 6.07) is 13.5. The molecule has 0 spiro atoms. The second-order valence-corrected chi connectivity index (χ2v) is 6.19. The van der Waals surface area contributed by atoms with Gasteiger partial charge in [-0.3, -0.25) is 9.78 Å². The zero-order valence-corrected chi connectivity index (χ0v) is 14.4. The number of pyridine rings is 2. The molecule has 0 aliphatic heterocycles. The lowest BCUT2D eigenvalue weighted by Crippen LogP contribution is -2.09. The third-order valence-electron chi connectivity index (χ3n) is 4.34. The van der Waals surface area contributed by atoms with Gasteiger partial charge in [-0.25, -0.2) is 4.98 Å². The van der Waals surface area contributed by atoms with Gasteiger partial charge in [-0.2, -0.15) is 0 Å². The van der Waals surface area contributed by atoms with Gasteiger partial charge in [0, 0.05) is 47.8 Å². The molecular weight excluding hydrogens is 324 g/mol. The van der Waals surface area contributed by atoms with Crippen LogP contribution in [0.1, 0.15) is 27.0 Å². The van der Waals surface area contributed by atoms with E-state index in [0.29, 0.717) is 23.5 Å². The number of carbonyl (C=O) groups excluding carboxylic acids is 1. The summed E-state index contributed by atoms with van der Waals surface area (Å²) in [6.07, 6.45) is 6.95. The van der Waals surface area contributed by atoms with Crippen LogP contribution in [0.25, 0.3) is 10.9 Å². The van der Waals surface area contributed by atoms with Crippen LogP contribution in [0.2, 0.25) is 0 Å². The fourth-order valence-electron chi connectivity index (χ4n) is 2.99. The van der Waals surface area contributed by atoms with Gasteiger partial charge in [0.2, 0.25) is 0 Å². The number of fused-ring (bicyclic) bond motifs is 1. The highest BCUT2D eigenvalue weighted by Gasteiger charge is 2.18. The molecule has 0 bridgehead atoms. The zero-order chi connectivity index (χ0) is 17.9. The van der Waals surface area contributed by atoms with E-state index in [2.05, 4.69) is 20.3 Å². The number of aromatic nitrogens is 3. The van der Waals surface area contributed by atoms with Crippen molar-refractivity contribution in [2.75, 3.05) is 5.32 Å². The van der Waals surface area contributed by atoms with E-state index in [1.54, 1.807) is 36.9 Å². The first-order valence-electron chi connectivity index (χ1n) is 8.42. The molecule has 128 valence electrons. The minimum atomic E-state index is -0.0505. The summed E-state index contributed by atoms with van der Waals surface area (Å²) in [6.45, 7) is 2.61. The van der Waals surface area contributed by atoms with Crippen LogP contribution in [0.5, 0.6) is 0 Å². The number of ketones is 1. The van der Waals surface area contributed by atoms with Gasteiger partial charge in [0.15, 0.2) is 5.78 Å². The summed E-state index contributed by atoms with van der Waals surface area (Å²) in [5.41, 5.74) is 4.40. The van der Waals surface area contributed by atoms with Crippen LogP contribution in [0.4, 0.5) is 5.82 Å². The van der Waals surface area contributed by atoms with E-state index >= 15 is 0 Å². The Balaban J connectivity index is 1.65. The first kappa shape index (κ1) is 16.0. The molecule has 0 aliphatic rings. The average Bonchev–Trinajstić information content (AvgIpc) is 3.10. The van der Waals surface area contributed by atoms with Gasteiger partial charge >= 0.3 is 0 Å². The number of aryl methyl sites for hydroxylation is 1. The molecule has 1 aromatic carbocycles. The van der Waals surface area contributed by atoms with Gasteiger partial charge in [-0.1, -0.05) is 12.1 Å². The van der Waals surface area contributed by atoms with E-state index in [-0.39, 0.29) is 5.78 Å². The molecule has 3 heterocycles. The molecular formula is C21H18N4O. The third-order valence-corrected chi connectivity index (χ3v) is 4.34. The highest BCUT2D eigenvalue weighted by molar-refractivity contribution is 6.18. The molecule has 0 amide bonds. The summed E-state index contributed by atoms with van der Waals surface area (Å²) in [5, 5.41) is 4.18. The summed E-state index contributed by atoms with van der Waals surface area (Å²) in [5.74, 6) is 0.529. The topological polar surface area (TPSA) is 70.7 Å². The van der Waals surface area contributed by atoms with Crippen molar-refractivity contribution in [3.8, 4) is 0 Å². The van der Waals surface area contributed by atoms with E-state index in [4.69, 9.17) is 0 Å². The number of anilines is 1. The normalized spacial score (nSPS) is 10.8. The van der Waals surface area contributed by atoms with Crippen molar-refractivity contribution in [3.63, 3.8) is 0 Å². The number of rotatable bonds is 5. The Kier molecular flexibility index (Phi) is 4.19. The number of benzene rings is 1. The number of hydrogen-bond acceptors (Lipinski definition) is 4. The maximum atomic E-state index is 13.1. The Labute approximate surface area is 151 Å². The maximum Gasteiger partial charge on any atom is 0.198 e. The van der Waals surface area contributed by atoms with Gasteiger partial charge in [-0.05, 0) is 48.4 Å². The molecule has 0 aliphatic carbocycles. The third kappa shape index (κ3) is 3.07. The highest BCUT2D eigenvalue weighted by Crippen LogP contribution is 2.24. The van der Waals surface area contributed by atoms with E-state index in [1.165, 1.54) is 0 Å². The first-order chi connectivity index (χ1) is 12.7. The van der Waals surface area contributed by atoms with Gasteiger partial charge in [0.1, 0.15) is 5.82 Å². The molecule has 0 fully saturated rings. The molecule has 0 saturated carbocycles. The van der Waals surface area contributed by atoms with Crippen LogP contribution in [-0.2, 0) is 6.54 Å². The van der Waals surface area contributed by atoms with Crippen molar-refractivity contribution in [1.29, 1.82) is 0 Å². The summed E-state index contributed by atoms with van der Waals surface area (Å²) < 4.78 is 0. The standard InChI is InChI=1S/C21H18N4O/c1-14-4-5-16-18(13-24-19(16)11-14)20(26)17-3-2-8-23-21(17)25-12-15-6-9-22-10-7-15/h2-11,13,24H,12H2,1H3,(H,23,25). The Morgan fingerprint density at radius 3 is 2.77 bits per heavy atom. The number of H-pyrrole nitrogens is 1. The highest BCUT2D eigenvalue weighted by atomic mass is 16.1. The van der Waals surface area contributed by atoms with Crippen molar-refractivity contribution >= 4 is 22.5 Å². The fourth-order valence-corrected chi connectivity index (χ4v) is 2.99. The number of hydrogen-bond donors (Lipinski definition) is 2. The Morgan fingerprint density at radius 2 is 1.92 bits per heavy atom. The molecule has 0 saturated heterocycles. The van der Waals surface area contributed by atoms with Crippen LogP contribution in [-0.4, -0.2) is 20.7 Å². The molecule has 5 heteroatoms. The molecule has 2 N–H and O–H groups in total. The van der Waals surface area contributed by atoms with Crippen molar-refractivity contribution in [1.82, 2.24) is 15.0 Å². The number of nitrogens with one attached hydrogen (secondary N) is 2. The lowest BCUT2D eigenvalue weighted by atomic mass is 10.0. The van der Waals surface area contributed by atoms with Crippen LogP contribution < -0.4 is 5.32 Å². The quantitative estimate of drug-likeness (QED) is 0.536. The van der Waals surface area contributed by atoms with E-state index < -0.39 is 0 Å². The molecule has 0 unspecified atom stereocenters. The molecule has 0 atom stereocenters. The van der Waals surface area contributed by atoms with E-state index in [1.807, 2.05) is 37.3 Å². The Bertz CT molecular complexity index is 1070. The molecule has 26 heavy (non-hydrogen) atoms. The largest absolute Gasteiger partial charge is 0.365 e. The van der Waals surface area contributed by atoms with Gasteiger partial charge < -0.3 is 10.3 Å². The summed E-state index contributed by atoms with van der Waals surface area (Å²) >= 11 is 0. The van der Waals surface area contributed by atoms with Crippen LogP contribution in [0, 0.1) is 6.92 Å². The second kappa shape index (κ2) is 6.80. The minimum Gasteiger partial charge on any atom is -0.365 e. The molecule has 4 aromatic rings. The van der Waals surface area contributed by atoms with Crippen molar-refractivity contribution in [3.05, 3.63) is 89.5 Å². The molecule has 4 rings (SSSR count). The molecule has 0 radical (unpaired) electrons. The lowest BCUT2D eigenvalue weighted by molar-refractivity contribution is 0.104. The molecule has 5 nitrogen and oxygen atoms in total. The molecule has 3 aromatic heterocycles. The smallest absolute Gasteiger partial charge is 0.198 e. The summed E-state index contributed by atoms with van der Waals surface area (Å²) in [7, 11) is 0. The average molecular weight is 342 g/mol. The first-order valence-corrected chi connectivity index (χ1v) is 8.42. The number of nitrogens with zero attached hydrogens (tertiary/aromatic N) is 2. The predicted molar refractivity (Wildman–Crippen MR) is 102 cm³/mol. The Hall–Kier alpha value is -3.47. The van der Waals surface area contributed by atoms with Gasteiger partial charge in [0.25, 0.3) is 0 Å². The maximum absolute atomic E-state index is 13.1. The van der Waals surface area contributed by atoms with Crippen molar-refractivity contribution in [2.24, 2.45) is 0 Å². The fraction of sp³-hybridized carbons (Fsp3) is 0.0952. The summed E-state index contributed by atoms with van der Waals surface area (Å²) in [4.78, 5) is 24.7. The van der Waals surface area contributed by atoms with Crippen LogP contribution >= 0.6 is 0 Å². The number of carbonyl (C=O) groups is 1. The van der Waals surface area contributed by atoms with Crippen LogP contribution in [0.15, 0.2) is 67.3 Å². The Morgan fingerprint density at radius 1 is 1.08 bits per heavy atom. The lowest BCUT2D eigenvalue weighted by Gasteiger charge is -2.10. The van der Waals surface area contributed by atoms with Gasteiger partial charge in [-0.15, -0.1) is 0 Å². The van der Waals surface area contributed by atoms with Crippen molar-refractivity contribution < 1.29 is 4.79 Å². The SMILES string of the molecule is Cc1ccc2c(C(=O)c3cccnc3NCc3ccncc3)c[nH]c2c1. The van der Waals surface area contributed by atoms with E-state index in [9.17, 15) is 4.79 Å². The van der Waals surface area contributed by atoms with Gasteiger partial charge in [0.05, 0.1) is 5.56 Å². The minimum absolute atomic E-state index is 0.0505. The monoisotopic (exact) mass is 342 g/mol. The predicted octanol–water partition coefficient (Wildman–Crippen LogP) is 4.11.